The SMILES string of the molecule is CN(C)CC1CCN(C(=O)c2cnc(N)cn2)CC1. The molecule has 0 aromatic carbocycles. The first-order valence-corrected chi connectivity index (χ1v) is 6.58. The van der Waals surface area contributed by atoms with Crippen LogP contribution in [-0.4, -0.2) is 59.4 Å². The summed E-state index contributed by atoms with van der Waals surface area (Å²) in [6.45, 7) is 2.68. The van der Waals surface area contributed by atoms with Crippen molar-refractivity contribution in [3.63, 3.8) is 0 Å². The van der Waals surface area contributed by atoms with Gasteiger partial charge >= 0.3 is 0 Å². The van der Waals surface area contributed by atoms with Crippen LogP contribution < -0.4 is 5.73 Å². The number of aromatic nitrogens is 2. The van der Waals surface area contributed by atoms with Gasteiger partial charge in [-0.2, -0.15) is 0 Å². The van der Waals surface area contributed by atoms with Crippen molar-refractivity contribution in [2.75, 3.05) is 39.5 Å². The summed E-state index contributed by atoms with van der Waals surface area (Å²) >= 11 is 0. The molecule has 1 fully saturated rings. The summed E-state index contributed by atoms with van der Waals surface area (Å²) in [5.41, 5.74) is 5.84. The quantitative estimate of drug-likeness (QED) is 0.858. The Morgan fingerprint density at radius 3 is 2.58 bits per heavy atom. The Morgan fingerprint density at radius 1 is 1.37 bits per heavy atom. The summed E-state index contributed by atoms with van der Waals surface area (Å²) in [6.07, 6.45) is 4.97. The number of anilines is 1. The lowest BCUT2D eigenvalue weighted by Crippen LogP contribution is -2.41. The maximum atomic E-state index is 12.2. The number of piperidine rings is 1. The minimum atomic E-state index is -0.0456. The van der Waals surface area contributed by atoms with Crippen LogP contribution in [0.1, 0.15) is 23.3 Å². The van der Waals surface area contributed by atoms with Gasteiger partial charge in [0, 0.05) is 19.6 Å². The highest BCUT2D eigenvalue weighted by Gasteiger charge is 2.24. The molecule has 19 heavy (non-hydrogen) atoms. The molecule has 0 radical (unpaired) electrons. The summed E-state index contributed by atoms with van der Waals surface area (Å²) in [6, 6.07) is 0. The molecule has 2 heterocycles. The van der Waals surface area contributed by atoms with Gasteiger partial charge in [0.05, 0.1) is 12.4 Å². The van der Waals surface area contributed by atoms with Crippen LogP contribution in [-0.2, 0) is 0 Å². The molecule has 1 aliphatic heterocycles. The van der Waals surface area contributed by atoms with Gasteiger partial charge in [-0.1, -0.05) is 0 Å². The largest absolute Gasteiger partial charge is 0.382 e. The van der Waals surface area contributed by atoms with Crippen LogP contribution in [0, 0.1) is 5.92 Å². The lowest BCUT2D eigenvalue weighted by atomic mass is 9.96. The number of carbonyl (C=O) groups is 1. The normalized spacial score (nSPS) is 16.9. The fourth-order valence-corrected chi connectivity index (χ4v) is 2.45. The Morgan fingerprint density at radius 2 is 2.05 bits per heavy atom. The van der Waals surface area contributed by atoms with Crippen molar-refractivity contribution in [3.8, 4) is 0 Å². The summed E-state index contributed by atoms with van der Waals surface area (Å²) in [5.74, 6) is 0.966. The predicted molar refractivity (Wildman–Crippen MR) is 73.6 cm³/mol. The Bertz CT molecular complexity index is 423. The third-order valence-electron chi connectivity index (χ3n) is 3.42. The molecule has 0 saturated carbocycles. The number of carbonyl (C=O) groups excluding carboxylic acids is 1. The molecule has 1 saturated heterocycles. The van der Waals surface area contributed by atoms with Crippen molar-refractivity contribution in [3.05, 3.63) is 18.1 Å². The van der Waals surface area contributed by atoms with E-state index in [2.05, 4.69) is 29.0 Å². The van der Waals surface area contributed by atoms with Crippen LogP contribution in [0.5, 0.6) is 0 Å². The van der Waals surface area contributed by atoms with E-state index in [9.17, 15) is 4.79 Å². The fourth-order valence-electron chi connectivity index (χ4n) is 2.45. The molecule has 1 amide bonds. The van der Waals surface area contributed by atoms with E-state index in [1.54, 1.807) is 0 Å². The summed E-state index contributed by atoms with van der Waals surface area (Å²) in [5, 5.41) is 0. The smallest absolute Gasteiger partial charge is 0.274 e. The van der Waals surface area contributed by atoms with Crippen LogP contribution in [0.2, 0.25) is 0 Å². The average molecular weight is 263 g/mol. The molecule has 2 rings (SSSR count). The van der Waals surface area contributed by atoms with Gasteiger partial charge in [-0.05, 0) is 32.9 Å². The summed E-state index contributed by atoms with van der Waals surface area (Å²) in [7, 11) is 4.17. The molecule has 1 aliphatic rings. The standard InChI is InChI=1S/C13H21N5O/c1-17(2)9-10-3-5-18(6-4-10)13(19)11-7-16-12(14)8-15-11/h7-8,10H,3-6,9H2,1-2H3,(H2,14,16). The van der Waals surface area contributed by atoms with E-state index in [0.717, 1.165) is 32.5 Å². The molecule has 6 heteroatoms. The Labute approximate surface area is 113 Å². The fraction of sp³-hybridized carbons (Fsp3) is 0.615. The lowest BCUT2D eigenvalue weighted by Gasteiger charge is -2.33. The number of nitrogens with two attached hydrogens (primary N) is 1. The van der Waals surface area contributed by atoms with Crippen molar-refractivity contribution < 1.29 is 4.79 Å². The molecule has 2 N–H and O–H groups in total. The van der Waals surface area contributed by atoms with Crippen LogP contribution in [0.4, 0.5) is 5.82 Å². The number of nitrogen functional groups attached to an aromatic ring is 1. The van der Waals surface area contributed by atoms with Gasteiger partial charge < -0.3 is 15.5 Å². The van der Waals surface area contributed by atoms with Gasteiger partial charge in [-0.25, -0.2) is 9.97 Å². The Balaban J connectivity index is 1.90. The molecule has 104 valence electrons. The summed E-state index contributed by atoms with van der Waals surface area (Å²) < 4.78 is 0. The van der Waals surface area contributed by atoms with E-state index in [-0.39, 0.29) is 5.91 Å². The number of hydrogen-bond donors (Lipinski definition) is 1. The zero-order valence-corrected chi connectivity index (χ0v) is 11.5. The number of likely N-dealkylation sites (tertiary alicyclic amines) is 1. The predicted octanol–water partition coefficient (Wildman–Crippen LogP) is 0.473. The molecule has 1 aromatic heterocycles. The minimum Gasteiger partial charge on any atom is -0.382 e. The first kappa shape index (κ1) is 13.7. The number of rotatable bonds is 3. The number of hydrogen-bond acceptors (Lipinski definition) is 5. The lowest BCUT2D eigenvalue weighted by molar-refractivity contribution is 0.0671. The topological polar surface area (TPSA) is 75.3 Å². The van der Waals surface area contributed by atoms with Gasteiger partial charge in [-0.15, -0.1) is 0 Å². The molecule has 6 nitrogen and oxygen atoms in total. The van der Waals surface area contributed by atoms with Gasteiger partial charge in [-0.3, -0.25) is 4.79 Å². The molecular weight excluding hydrogens is 242 g/mol. The third-order valence-corrected chi connectivity index (χ3v) is 3.42. The first-order chi connectivity index (χ1) is 9.06. The molecule has 0 atom stereocenters. The molecule has 0 spiro atoms. The molecule has 0 aliphatic carbocycles. The van der Waals surface area contributed by atoms with E-state index in [1.807, 2.05) is 4.90 Å². The van der Waals surface area contributed by atoms with Crippen LogP contribution in [0.15, 0.2) is 12.4 Å². The monoisotopic (exact) mass is 263 g/mol. The Kier molecular flexibility index (Phi) is 4.31. The second kappa shape index (κ2) is 5.97. The van der Waals surface area contributed by atoms with Gasteiger partial charge in [0.2, 0.25) is 0 Å². The Hall–Kier alpha value is -1.69. The molecule has 1 aromatic rings. The van der Waals surface area contributed by atoms with Crippen LogP contribution in [0.3, 0.4) is 0 Å². The average Bonchev–Trinajstić information content (AvgIpc) is 2.39. The van der Waals surface area contributed by atoms with Crippen molar-refractivity contribution in [2.45, 2.75) is 12.8 Å². The number of nitrogens with zero attached hydrogens (tertiary/aromatic N) is 4. The number of amides is 1. The van der Waals surface area contributed by atoms with Gasteiger partial charge in [0.1, 0.15) is 11.5 Å². The second-order valence-corrected chi connectivity index (χ2v) is 5.32. The van der Waals surface area contributed by atoms with Crippen molar-refractivity contribution in [1.82, 2.24) is 19.8 Å². The minimum absolute atomic E-state index is 0.0456. The highest BCUT2D eigenvalue weighted by Crippen LogP contribution is 2.19. The second-order valence-electron chi connectivity index (χ2n) is 5.32. The maximum absolute atomic E-state index is 12.2. The highest BCUT2D eigenvalue weighted by atomic mass is 16.2. The molecule has 0 bridgehead atoms. The van der Waals surface area contributed by atoms with Crippen LogP contribution >= 0.6 is 0 Å². The van der Waals surface area contributed by atoms with Crippen molar-refractivity contribution in [1.29, 1.82) is 0 Å². The van der Waals surface area contributed by atoms with Gasteiger partial charge in [0.25, 0.3) is 5.91 Å². The van der Waals surface area contributed by atoms with E-state index in [1.165, 1.54) is 12.4 Å². The van der Waals surface area contributed by atoms with E-state index in [0.29, 0.717) is 17.4 Å². The van der Waals surface area contributed by atoms with Gasteiger partial charge in [0.15, 0.2) is 0 Å². The summed E-state index contributed by atoms with van der Waals surface area (Å²) in [4.78, 5) is 24.2. The zero-order valence-electron chi connectivity index (χ0n) is 11.5. The van der Waals surface area contributed by atoms with Crippen LogP contribution in [0.25, 0.3) is 0 Å². The third kappa shape index (κ3) is 3.64. The molecular formula is C13H21N5O. The van der Waals surface area contributed by atoms with Crippen molar-refractivity contribution in [2.24, 2.45) is 5.92 Å². The highest BCUT2D eigenvalue weighted by molar-refractivity contribution is 5.92. The van der Waals surface area contributed by atoms with Crippen molar-refractivity contribution >= 4 is 11.7 Å². The van der Waals surface area contributed by atoms with E-state index >= 15 is 0 Å². The zero-order chi connectivity index (χ0) is 13.8. The molecule has 0 unspecified atom stereocenters. The maximum Gasteiger partial charge on any atom is 0.274 e. The van der Waals surface area contributed by atoms with E-state index in [4.69, 9.17) is 5.73 Å². The first-order valence-electron chi connectivity index (χ1n) is 6.58. The van der Waals surface area contributed by atoms with E-state index < -0.39 is 0 Å².